The van der Waals surface area contributed by atoms with Crippen LogP contribution in [0.4, 0.5) is 5.13 Å². The summed E-state index contributed by atoms with van der Waals surface area (Å²) in [5, 5.41) is 7.07. The number of nitrogens with zero attached hydrogens (tertiary/aromatic N) is 4. The number of hydrogen-bond acceptors (Lipinski definition) is 6. The van der Waals surface area contributed by atoms with Crippen molar-refractivity contribution in [3.63, 3.8) is 0 Å². The molecule has 0 saturated carbocycles. The summed E-state index contributed by atoms with van der Waals surface area (Å²) in [5.74, 6) is 0.868. The summed E-state index contributed by atoms with van der Waals surface area (Å²) in [6, 6.07) is 13.8. The lowest BCUT2D eigenvalue weighted by atomic mass is 10.0. The number of aromatic nitrogens is 1. The van der Waals surface area contributed by atoms with Gasteiger partial charge in [-0.25, -0.2) is 9.98 Å². The Labute approximate surface area is 238 Å². The van der Waals surface area contributed by atoms with Gasteiger partial charge in [0.2, 0.25) is 11.0 Å². The molecule has 1 aliphatic rings. The van der Waals surface area contributed by atoms with E-state index in [2.05, 4.69) is 20.2 Å². The van der Waals surface area contributed by atoms with Crippen LogP contribution < -0.4 is 10.1 Å². The molecule has 202 valence electrons. The summed E-state index contributed by atoms with van der Waals surface area (Å²) in [6.07, 6.45) is 4.75. The molecule has 0 bridgehead atoms. The normalized spacial score (nSPS) is 14.6. The van der Waals surface area contributed by atoms with Crippen LogP contribution in [0.1, 0.15) is 31.2 Å². The van der Waals surface area contributed by atoms with Crippen molar-refractivity contribution >= 4 is 51.9 Å². The number of benzene rings is 2. The Kier molecular flexibility index (Phi) is 10.4. The third-order valence-electron chi connectivity index (χ3n) is 6.20. The third-order valence-corrected chi connectivity index (χ3v) is 7.69. The van der Waals surface area contributed by atoms with Gasteiger partial charge in [-0.15, -0.1) is 11.3 Å². The highest BCUT2D eigenvalue weighted by molar-refractivity contribution is 7.13. The van der Waals surface area contributed by atoms with Crippen LogP contribution in [0, 0.1) is 0 Å². The molecule has 0 unspecified atom stereocenters. The van der Waals surface area contributed by atoms with E-state index in [0.717, 1.165) is 60.2 Å². The Hall–Kier alpha value is -2.65. The number of aliphatic imine (C=N–C) groups is 1. The van der Waals surface area contributed by atoms with E-state index in [0.29, 0.717) is 29.5 Å². The fourth-order valence-electron chi connectivity index (χ4n) is 4.20. The molecule has 0 spiro atoms. The maximum atomic E-state index is 12.4. The Balaban J connectivity index is 1.12. The molecule has 2 heterocycles. The average molecular weight is 575 g/mol. The molecule has 7 nitrogen and oxygen atoms in total. The fraction of sp³-hybridized carbons (Fsp3) is 0.393. The standard InChI is InChI=1S/C28H33Cl2N5O2S/c1-34(2)19-31-28-33-26(18-38-28)21-6-8-23(9-7-21)37-15-3-4-27(36)32-22-11-13-35(14-12-22)17-20-5-10-24(29)25(30)16-20/h5-10,16,18-19,22H,3-4,11-15,17H2,1-2H3,(H,32,36)/b31-19+. The van der Waals surface area contributed by atoms with Gasteiger partial charge in [0.05, 0.1) is 28.7 Å². The molecule has 38 heavy (non-hydrogen) atoms. The SMILES string of the molecule is CN(C)/C=N/c1nc(-c2ccc(OCCCC(=O)NC3CCN(Cc4ccc(Cl)c(Cl)c4)CC3)cc2)cs1. The van der Waals surface area contributed by atoms with Crippen molar-refractivity contribution in [2.75, 3.05) is 33.8 Å². The number of carbonyl (C=O) groups is 1. The van der Waals surface area contributed by atoms with E-state index in [1.807, 2.05) is 66.8 Å². The van der Waals surface area contributed by atoms with E-state index in [1.54, 1.807) is 6.34 Å². The Morgan fingerprint density at radius 2 is 1.95 bits per heavy atom. The molecule has 3 aromatic rings. The Morgan fingerprint density at radius 1 is 1.18 bits per heavy atom. The monoisotopic (exact) mass is 573 g/mol. The van der Waals surface area contributed by atoms with E-state index in [1.165, 1.54) is 11.3 Å². The molecule has 1 amide bonds. The van der Waals surface area contributed by atoms with Crippen LogP contribution in [0.3, 0.4) is 0 Å². The molecule has 0 aliphatic carbocycles. The van der Waals surface area contributed by atoms with E-state index < -0.39 is 0 Å². The van der Waals surface area contributed by atoms with Gasteiger partial charge < -0.3 is 15.0 Å². The summed E-state index contributed by atoms with van der Waals surface area (Å²) in [6.45, 7) is 3.21. The van der Waals surface area contributed by atoms with Gasteiger partial charge in [-0.05, 0) is 61.2 Å². The molecule has 2 aromatic carbocycles. The van der Waals surface area contributed by atoms with Gasteiger partial charge in [0.15, 0.2) is 0 Å². The zero-order valence-corrected chi connectivity index (χ0v) is 24.0. The van der Waals surface area contributed by atoms with Crippen LogP contribution in [-0.2, 0) is 11.3 Å². The van der Waals surface area contributed by atoms with Crippen LogP contribution in [0.2, 0.25) is 10.0 Å². The van der Waals surface area contributed by atoms with Crippen molar-refractivity contribution in [1.29, 1.82) is 0 Å². The zero-order chi connectivity index (χ0) is 26.9. The molecular formula is C28H33Cl2N5O2S. The average Bonchev–Trinajstić information content (AvgIpc) is 3.38. The second-order valence-electron chi connectivity index (χ2n) is 9.57. The molecule has 1 aromatic heterocycles. The van der Waals surface area contributed by atoms with Crippen molar-refractivity contribution in [3.8, 4) is 17.0 Å². The van der Waals surface area contributed by atoms with E-state index in [-0.39, 0.29) is 11.9 Å². The lowest BCUT2D eigenvalue weighted by Gasteiger charge is -2.32. The molecule has 4 rings (SSSR count). The number of carbonyl (C=O) groups excluding carboxylic acids is 1. The number of halogens is 2. The summed E-state index contributed by atoms with van der Waals surface area (Å²) in [4.78, 5) is 25.6. The number of amides is 1. The molecule has 1 aliphatic heterocycles. The summed E-state index contributed by atoms with van der Waals surface area (Å²) >= 11 is 13.6. The van der Waals surface area contributed by atoms with Gasteiger partial charge in [-0.3, -0.25) is 9.69 Å². The number of piperidine rings is 1. The molecule has 0 radical (unpaired) electrons. The van der Waals surface area contributed by atoms with Crippen molar-refractivity contribution in [2.24, 2.45) is 4.99 Å². The number of nitrogens with one attached hydrogen (secondary N) is 1. The first-order chi connectivity index (χ1) is 18.4. The fourth-order valence-corrected chi connectivity index (χ4v) is 5.18. The van der Waals surface area contributed by atoms with Crippen molar-refractivity contribution in [1.82, 2.24) is 20.1 Å². The topological polar surface area (TPSA) is 70.1 Å². The van der Waals surface area contributed by atoms with Gasteiger partial charge in [0.25, 0.3) is 0 Å². The molecule has 1 fully saturated rings. The minimum atomic E-state index is 0.0862. The van der Waals surface area contributed by atoms with Crippen LogP contribution >= 0.6 is 34.5 Å². The van der Waals surface area contributed by atoms with Gasteiger partial charge in [-0.2, -0.15) is 0 Å². The van der Waals surface area contributed by atoms with Gasteiger partial charge in [-0.1, -0.05) is 29.3 Å². The van der Waals surface area contributed by atoms with Gasteiger partial charge >= 0.3 is 0 Å². The minimum absolute atomic E-state index is 0.0862. The van der Waals surface area contributed by atoms with Crippen LogP contribution in [0.15, 0.2) is 52.8 Å². The van der Waals surface area contributed by atoms with Gasteiger partial charge in [0, 0.05) is 57.1 Å². The molecule has 10 heteroatoms. The van der Waals surface area contributed by atoms with Gasteiger partial charge in [0.1, 0.15) is 5.75 Å². The van der Waals surface area contributed by atoms with E-state index in [9.17, 15) is 4.79 Å². The second-order valence-corrected chi connectivity index (χ2v) is 11.2. The number of ether oxygens (including phenoxy) is 1. The molecule has 0 atom stereocenters. The second kappa shape index (κ2) is 13.9. The quantitative estimate of drug-likeness (QED) is 0.166. The highest BCUT2D eigenvalue weighted by Gasteiger charge is 2.20. The number of thiazole rings is 1. The minimum Gasteiger partial charge on any atom is -0.494 e. The predicted molar refractivity (Wildman–Crippen MR) is 157 cm³/mol. The van der Waals surface area contributed by atoms with Crippen molar-refractivity contribution in [3.05, 3.63) is 63.5 Å². The highest BCUT2D eigenvalue weighted by atomic mass is 35.5. The van der Waals surface area contributed by atoms with Crippen LogP contribution in [0.5, 0.6) is 5.75 Å². The maximum Gasteiger partial charge on any atom is 0.220 e. The molecular weight excluding hydrogens is 541 g/mol. The third kappa shape index (κ3) is 8.70. The van der Waals surface area contributed by atoms with Crippen LogP contribution in [-0.4, -0.2) is 66.9 Å². The first-order valence-corrected chi connectivity index (χ1v) is 14.3. The van der Waals surface area contributed by atoms with Crippen LogP contribution in [0.25, 0.3) is 11.3 Å². The summed E-state index contributed by atoms with van der Waals surface area (Å²) in [5.41, 5.74) is 3.06. The number of rotatable bonds is 11. The predicted octanol–water partition coefficient (Wildman–Crippen LogP) is 6.28. The molecule has 1 saturated heterocycles. The van der Waals surface area contributed by atoms with Crippen molar-refractivity contribution in [2.45, 2.75) is 38.3 Å². The smallest absolute Gasteiger partial charge is 0.220 e. The first kappa shape index (κ1) is 28.4. The maximum absolute atomic E-state index is 12.4. The first-order valence-electron chi connectivity index (χ1n) is 12.7. The summed E-state index contributed by atoms with van der Waals surface area (Å²) in [7, 11) is 3.85. The number of hydrogen-bond donors (Lipinski definition) is 1. The summed E-state index contributed by atoms with van der Waals surface area (Å²) < 4.78 is 5.84. The highest BCUT2D eigenvalue weighted by Crippen LogP contribution is 2.28. The lowest BCUT2D eigenvalue weighted by molar-refractivity contribution is -0.122. The number of likely N-dealkylation sites (tertiary alicyclic amines) is 1. The molecule has 1 N–H and O–H groups in total. The van der Waals surface area contributed by atoms with Crippen molar-refractivity contribution < 1.29 is 9.53 Å². The zero-order valence-electron chi connectivity index (χ0n) is 21.7. The largest absolute Gasteiger partial charge is 0.494 e. The van der Waals surface area contributed by atoms with E-state index >= 15 is 0 Å². The Morgan fingerprint density at radius 3 is 2.66 bits per heavy atom. The lowest BCUT2D eigenvalue weighted by Crippen LogP contribution is -2.44. The van der Waals surface area contributed by atoms with E-state index in [4.69, 9.17) is 27.9 Å². The Bertz CT molecular complexity index is 1220.